The van der Waals surface area contributed by atoms with E-state index in [1.165, 1.54) is 12.1 Å². The molecule has 154 valence electrons. The molecule has 0 amide bonds. The molecule has 0 aliphatic rings. The minimum Gasteiger partial charge on any atom is -0.372 e. The first-order chi connectivity index (χ1) is 12.1. The van der Waals surface area contributed by atoms with Crippen LogP contribution in [0.2, 0.25) is 0 Å². The van der Waals surface area contributed by atoms with Crippen LogP contribution in [0.15, 0.2) is 28.5 Å². The van der Waals surface area contributed by atoms with Crippen molar-refractivity contribution >= 4 is 31.4 Å². The summed E-state index contributed by atoms with van der Waals surface area (Å²) in [7, 11) is -13.5. The summed E-state index contributed by atoms with van der Waals surface area (Å²) in [6.07, 6.45) is -0.155. The highest BCUT2D eigenvalue weighted by Gasteiger charge is 2.59. The number of alkyl halides is 6. The average Bonchev–Trinajstić information content (AvgIpc) is 2.52. The van der Waals surface area contributed by atoms with Crippen LogP contribution in [0.25, 0.3) is 6.08 Å². The molecule has 0 aromatic heterocycles. The molecule has 5 nitrogen and oxygen atoms in total. The smallest absolute Gasteiger partial charge is 0.372 e. The van der Waals surface area contributed by atoms with Crippen LogP contribution in [0.5, 0.6) is 0 Å². The summed E-state index contributed by atoms with van der Waals surface area (Å²) in [6, 6.07) is 4.67. The molecule has 0 bridgehead atoms. The van der Waals surface area contributed by atoms with Gasteiger partial charge in [0.25, 0.3) is 19.7 Å². The molecule has 0 radical (unpaired) electrons. The van der Waals surface area contributed by atoms with Gasteiger partial charge in [0.15, 0.2) is 4.24 Å². The van der Waals surface area contributed by atoms with Gasteiger partial charge in [0.2, 0.25) is 0 Å². The Morgan fingerprint density at radius 3 is 1.52 bits per heavy atom. The molecule has 13 heteroatoms. The second-order valence-corrected chi connectivity index (χ2v) is 9.20. The van der Waals surface area contributed by atoms with Crippen molar-refractivity contribution in [3.8, 4) is 0 Å². The van der Waals surface area contributed by atoms with E-state index in [0.717, 1.165) is 12.1 Å². The monoisotopic (exact) mass is 439 g/mol. The van der Waals surface area contributed by atoms with Gasteiger partial charge >= 0.3 is 11.0 Å². The molecule has 0 aliphatic carbocycles. The van der Waals surface area contributed by atoms with Crippen molar-refractivity contribution in [1.82, 2.24) is 0 Å². The Hall–Kier alpha value is -1.76. The predicted molar refractivity (Wildman–Crippen MR) is 87.9 cm³/mol. The molecule has 0 N–H and O–H groups in total. The van der Waals surface area contributed by atoms with Crippen molar-refractivity contribution < 1.29 is 43.2 Å². The number of sulfone groups is 2. The first-order valence-corrected chi connectivity index (χ1v) is 10.3. The summed E-state index contributed by atoms with van der Waals surface area (Å²) >= 11 is 0. The van der Waals surface area contributed by atoms with E-state index < -0.39 is 40.5 Å². The number of hydrogen-bond acceptors (Lipinski definition) is 5. The Bertz CT molecular complexity index is 850. The van der Waals surface area contributed by atoms with Gasteiger partial charge in [-0.2, -0.15) is 26.3 Å². The second-order valence-electron chi connectivity index (χ2n) is 5.13. The maximum absolute atomic E-state index is 12.7. The lowest BCUT2D eigenvalue weighted by atomic mass is 10.2. The fraction of sp³-hybridized carbons (Fsp3) is 0.429. The van der Waals surface area contributed by atoms with Gasteiger partial charge in [-0.15, -0.1) is 0 Å². The number of nitrogens with zero attached hydrogens (tertiary/aromatic N) is 1. The van der Waals surface area contributed by atoms with Crippen molar-refractivity contribution in [3.63, 3.8) is 0 Å². The fourth-order valence-corrected chi connectivity index (χ4v) is 4.80. The molecule has 0 saturated heterocycles. The van der Waals surface area contributed by atoms with Crippen LogP contribution in [0, 0.1) is 0 Å². The fourth-order valence-electron chi connectivity index (χ4n) is 2.03. The summed E-state index contributed by atoms with van der Waals surface area (Å²) in [4.78, 5) is 1.80. The van der Waals surface area contributed by atoms with Gasteiger partial charge in [-0.25, -0.2) is 16.8 Å². The lowest BCUT2D eigenvalue weighted by Crippen LogP contribution is -2.34. The van der Waals surface area contributed by atoms with Gasteiger partial charge in [-0.05, 0) is 37.6 Å². The molecule has 1 rings (SSSR count). The number of hydrogen-bond donors (Lipinski definition) is 0. The van der Waals surface area contributed by atoms with E-state index in [0.29, 0.717) is 18.8 Å². The molecule has 27 heavy (non-hydrogen) atoms. The average molecular weight is 439 g/mol. The molecule has 0 heterocycles. The first-order valence-electron chi connectivity index (χ1n) is 7.29. The van der Waals surface area contributed by atoms with Crippen LogP contribution in [0.4, 0.5) is 32.0 Å². The molecule has 0 aliphatic heterocycles. The molecule has 1 aromatic rings. The van der Waals surface area contributed by atoms with Crippen molar-refractivity contribution in [2.24, 2.45) is 0 Å². The lowest BCUT2D eigenvalue weighted by molar-refractivity contribution is -0.0443. The van der Waals surface area contributed by atoms with Crippen molar-refractivity contribution in [3.05, 3.63) is 34.1 Å². The van der Waals surface area contributed by atoms with E-state index in [-0.39, 0.29) is 6.08 Å². The number of anilines is 1. The summed E-state index contributed by atoms with van der Waals surface area (Å²) < 4.78 is 119. The van der Waals surface area contributed by atoms with Gasteiger partial charge in [-0.3, -0.25) is 0 Å². The lowest BCUT2D eigenvalue weighted by Gasteiger charge is -2.21. The van der Waals surface area contributed by atoms with Gasteiger partial charge in [-0.1, -0.05) is 12.1 Å². The highest BCUT2D eigenvalue weighted by Crippen LogP contribution is 2.39. The zero-order valence-electron chi connectivity index (χ0n) is 14.0. The zero-order valence-corrected chi connectivity index (χ0v) is 15.6. The standard InChI is InChI=1S/C14H15F6NO4S2/c1-3-21(4-2)11-7-5-10(6-8-11)9-12(26(22,23)13(15,16)17)27(24,25)14(18,19)20/h5-9H,3-4H2,1-2H3. The maximum atomic E-state index is 12.7. The van der Waals surface area contributed by atoms with E-state index in [4.69, 9.17) is 0 Å². The van der Waals surface area contributed by atoms with Crippen LogP contribution in [0.1, 0.15) is 19.4 Å². The Morgan fingerprint density at radius 2 is 1.22 bits per heavy atom. The third kappa shape index (κ3) is 4.75. The largest absolute Gasteiger partial charge is 0.502 e. The van der Waals surface area contributed by atoms with E-state index in [1.54, 1.807) is 18.7 Å². The van der Waals surface area contributed by atoms with Gasteiger partial charge in [0.05, 0.1) is 0 Å². The highest BCUT2D eigenvalue weighted by molar-refractivity contribution is 8.15. The quantitative estimate of drug-likeness (QED) is 0.632. The van der Waals surface area contributed by atoms with Gasteiger partial charge < -0.3 is 4.90 Å². The van der Waals surface area contributed by atoms with Gasteiger partial charge in [0, 0.05) is 18.8 Å². The third-order valence-corrected chi connectivity index (χ3v) is 7.28. The first kappa shape index (κ1) is 23.3. The van der Waals surface area contributed by atoms with E-state index in [1.807, 2.05) is 0 Å². The Morgan fingerprint density at radius 1 is 0.852 bits per heavy atom. The van der Waals surface area contributed by atoms with Crippen molar-refractivity contribution in [1.29, 1.82) is 0 Å². The topological polar surface area (TPSA) is 71.5 Å². The summed E-state index contributed by atoms with van der Waals surface area (Å²) in [6.45, 7) is 4.73. The number of benzene rings is 1. The van der Waals surface area contributed by atoms with Crippen molar-refractivity contribution in [2.45, 2.75) is 24.9 Å². The molecule has 1 aromatic carbocycles. The molecular formula is C14H15F6NO4S2. The van der Waals surface area contributed by atoms with Crippen LogP contribution in [-0.4, -0.2) is 40.9 Å². The van der Waals surface area contributed by atoms with Gasteiger partial charge in [0.1, 0.15) is 0 Å². The van der Waals surface area contributed by atoms with Crippen LogP contribution >= 0.6 is 0 Å². The number of rotatable bonds is 6. The highest BCUT2D eigenvalue weighted by atomic mass is 32.3. The Kier molecular flexibility index (Phi) is 6.64. The number of halogens is 6. The second kappa shape index (κ2) is 7.70. The summed E-state index contributed by atoms with van der Waals surface area (Å²) in [5.74, 6) is 0. The summed E-state index contributed by atoms with van der Waals surface area (Å²) in [5.41, 5.74) is -12.3. The minimum atomic E-state index is -6.77. The summed E-state index contributed by atoms with van der Waals surface area (Å²) in [5, 5.41) is 0. The van der Waals surface area contributed by atoms with E-state index in [9.17, 15) is 43.2 Å². The molecule has 0 atom stereocenters. The zero-order chi connectivity index (χ0) is 21.3. The van der Waals surface area contributed by atoms with E-state index in [2.05, 4.69) is 0 Å². The molecule has 0 saturated carbocycles. The van der Waals surface area contributed by atoms with Crippen LogP contribution in [-0.2, 0) is 19.7 Å². The minimum absolute atomic E-state index is 0.155. The van der Waals surface area contributed by atoms with Crippen molar-refractivity contribution in [2.75, 3.05) is 18.0 Å². The predicted octanol–water partition coefficient (Wildman–Crippen LogP) is 3.70. The molecule has 0 fully saturated rings. The normalized spacial score (nSPS) is 13.3. The SMILES string of the molecule is CCN(CC)c1ccc(C=C(S(=O)(=O)C(F)(F)F)S(=O)(=O)C(F)(F)F)cc1. The molecular weight excluding hydrogens is 424 g/mol. The van der Waals surface area contributed by atoms with Crippen LogP contribution < -0.4 is 4.90 Å². The van der Waals surface area contributed by atoms with E-state index >= 15 is 0 Å². The third-order valence-electron chi connectivity index (χ3n) is 3.45. The molecule has 0 unspecified atom stereocenters. The molecule has 0 spiro atoms. The van der Waals surface area contributed by atoms with Crippen LogP contribution in [0.3, 0.4) is 0 Å². The Labute approximate surface area is 152 Å². The Balaban J connectivity index is 3.63. The maximum Gasteiger partial charge on any atom is 0.502 e.